The van der Waals surface area contributed by atoms with Crippen LogP contribution in [0.25, 0.3) is 0 Å². The normalized spacial score (nSPS) is 12.9. The van der Waals surface area contributed by atoms with Gasteiger partial charge in [0.2, 0.25) is 5.88 Å². The molecule has 34 nitrogen and oxygen atoms in total. The van der Waals surface area contributed by atoms with Gasteiger partial charge in [-0.05, 0) is 18.2 Å². The van der Waals surface area contributed by atoms with Crippen LogP contribution in [0.2, 0.25) is 0 Å². The number of nitrogens with zero attached hydrogens (tertiary/aromatic N) is 7. The summed E-state index contributed by atoms with van der Waals surface area (Å²) in [6, 6.07) is 1.08. The first-order valence-corrected chi connectivity index (χ1v) is 18.0. The summed E-state index contributed by atoms with van der Waals surface area (Å²) in [7, 11) is 0. The monoisotopic (exact) mass is 986 g/mol. The van der Waals surface area contributed by atoms with Crippen LogP contribution in [0.3, 0.4) is 0 Å². The molecule has 37 heteroatoms. The maximum Gasteiger partial charge on any atom is 0.479 e. The van der Waals surface area contributed by atoms with Crippen molar-refractivity contribution >= 4 is 83.4 Å². The molecule has 0 spiro atoms. The molecule has 1 aromatic heterocycles. The highest BCUT2D eigenvalue weighted by atomic mass is 32.2. The van der Waals surface area contributed by atoms with Gasteiger partial charge in [0.15, 0.2) is 0 Å². The predicted octanol–water partition coefficient (Wildman–Crippen LogP) is 0.0535. The lowest BCUT2D eigenvalue weighted by molar-refractivity contribution is -0.789. The zero-order chi connectivity index (χ0) is 50.0. The first-order chi connectivity index (χ1) is 30.1. The number of ether oxygens (including phenoxy) is 2. The second-order valence-electron chi connectivity index (χ2n) is 11.2. The Labute approximate surface area is 370 Å². The van der Waals surface area contributed by atoms with Gasteiger partial charge in [-0.2, -0.15) is 9.90 Å². The number of aliphatic hydroxyl groups is 1. The third-order valence-electron chi connectivity index (χ3n) is 6.81. The van der Waals surface area contributed by atoms with Crippen molar-refractivity contribution in [2.75, 3.05) is 32.4 Å². The van der Waals surface area contributed by atoms with Crippen molar-refractivity contribution in [2.45, 2.75) is 30.9 Å². The number of amides is 4. The zero-order valence-electron chi connectivity index (χ0n) is 32.0. The fourth-order valence-electron chi connectivity index (χ4n) is 4.31. The number of carboxylic acids is 2. The fourth-order valence-corrected chi connectivity index (χ4v) is 5.82. The third-order valence-corrected chi connectivity index (χ3v) is 8.47. The maximum absolute atomic E-state index is 12.3. The Balaban J connectivity index is 0.000000499. The van der Waals surface area contributed by atoms with Gasteiger partial charge in [-0.25, -0.2) is 19.2 Å². The van der Waals surface area contributed by atoms with E-state index in [0.29, 0.717) is 17.8 Å². The second-order valence-corrected chi connectivity index (χ2v) is 13.1. The van der Waals surface area contributed by atoms with Gasteiger partial charge in [0.1, 0.15) is 68.0 Å². The number of hydrogen-bond donors (Lipinski definition) is 5. The molecule has 65 heavy (non-hydrogen) atoms. The Bertz CT molecular complexity index is 2360. The van der Waals surface area contributed by atoms with Crippen molar-refractivity contribution < 1.29 is 103 Å². The van der Waals surface area contributed by atoms with Gasteiger partial charge in [-0.3, -0.25) is 49.5 Å². The number of aromatic amines is 1. The lowest BCUT2D eigenvalue weighted by Crippen LogP contribution is -2.51. The summed E-state index contributed by atoms with van der Waals surface area (Å²) in [6.07, 6.45) is -1.59. The average Bonchev–Trinajstić information content (AvgIpc) is 3.55. The molecule has 0 aliphatic carbocycles. The zero-order valence-corrected chi connectivity index (χ0v) is 34.6. The van der Waals surface area contributed by atoms with Crippen molar-refractivity contribution in [1.82, 2.24) is 14.9 Å². The molecule has 0 saturated carbocycles. The molecule has 1 aromatic carbocycles. The van der Waals surface area contributed by atoms with E-state index < -0.39 is 143 Å². The van der Waals surface area contributed by atoms with Gasteiger partial charge in [-0.1, -0.05) is 24.0 Å². The van der Waals surface area contributed by atoms with Gasteiger partial charge in [0, 0.05) is 24.5 Å². The van der Waals surface area contributed by atoms with Crippen LogP contribution in [0.15, 0.2) is 23.1 Å². The number of rotatable bonds is 18. The van der Waals surface area contributed by atoms with Crippen molar-refractivity contribution in [3.05, 3.63) is 95.7 Å². The summed E-state index contributed by atoms with van der Waals surface area (Å²) in [5.41, 5.74) is -2.26. The number of carbonyl (C=O) groups excluding carboxylic acids is 6. The van der Waals surface area contributed by atoms with Crippen molar-refractivity contribution in [3.63, 3.8) is 0 Å². The quantitative estimate of drug-likeness (QED) is 0.0251. The molecule has 2 unspecified atom stereocenters. The largest absolute Gasteiger partial charge is 0.479 e. The number of pyridine rings is 1. The Kier molecular flexibility index (Phi) is 21.3. The van der Waals surface area contributed by atoms with Crippen LogP contribution in [0, 0.1) is 55.2 Å². The SMILES string of the molecule is CC(=O)Oc1[nH]c(=S)c(C(=O)[N+](=O)[O-])cc1C(=O)O.CC(=O)Oc1cc(S)c(C(=O)[N+](=O)[O-])cc1C(=O)O.O=C(C1CSC(=O)N1CC(CO[N+](=O)[O-])O[N+](=O)[O-])N(CO)OC[N+](=O)[O-]. The molecule has 1 fully saturated rings. The number of nitro groups is 3. The number of benzene rings is 1. The van der Waals surface area contributed by atoms with Crippen LogP contribution < -0.4 is 9.47 Å². The van der Waals surface area contributed by atoms with Crippen molar-refractivity contribution in [1.29, 1.82) is 0 Å². The number of thiol groups is 1. The molecular weight excluding hydrogens is 961 g/mol. The number of nitrogens with one attached hydrogen (secondary N) is 1. The Morgan fingerprint density at radius 1 is 0.877 bits per heavy atom. The minimum Gasteiger partial charge on any atom is -0.478 e. The number of hydrogen-bond acceptors (Lipinski definition) is 27. The number of aromatic carboxylic acids is 2. The standard InChI is InChI=1S/C10H7NO7S.C9H13N5O12S.C9H6N2O7S/c1-4(12)18-7-3-8(19)6(9(13)11(16)17)2-5(7)10(14)15;15-4-11(25-5-12(18)19)8(16)7-3-27-9(17)10(7)1-6(26-14(22)23)2-24-13(20)21;1-3(12)18-6-4(9(14)15)2-5(7(19)10-6)8(13)11(16)17/h2-3,19H,1H3,(H,14,15);6-7,15H,1-5H2;2H,1H3,(H,10,19)(H,14,15). The number of aliphatic hydroxyl groups excluding tert-OH is 1. The lowest BCUT2D eigenvalue weighted by Gasteiger charge is -2.28. The molecule has 0 radical (unpaired) electrons. The number of hydroxylamine groups is 2. The predicted molar refractivity (Wildman–Crippen MR) is 205 cm³/mol. The summed E-state index contributed by atoms with van der Waals surface area (Å²) >= 11 is 9.15. The topological polar surface area (TPSA) is 481 Å². The lowest BCUT2D eigenvalue weighted by atomic mass is 10.1. The van der Waals surface area contributed by atoms with E-state index in [4.69, 9.17) is 15.3 Å². The summed E-state index contributed by atoms with van der Waals surface area (Å²) in [5.74, 6) is -9.72. The average molecular weight is 987 g/mol. The van der Waals surface area contributed by atoms with Gasteiger partial charge in [0.05, 0.1) is 11.5 Å². The first kappa shape index (κ1) is 55.0. The Morgan fingerprint density at radius 3 is 1.88 bits per heavy atom. The highest BCUT2D eigenvalue weighted by Crippen LogP contribution is 2.28. The molecule has 2 aromatic rings. The molecule has 352 valence electrons. The van der Waals surface area contributed by atoms with Gasteiger partial charge in [0.25, 0.3) is 21.3 Å². The van der Waals surface area contributed by atoms with E-state index in [1.165, 1.54) is 0 Å². The molecule has 1 aliphatic heterocycles. The van der Waals surface area contributed by atoms with E-state index in [-0.39, 0.29) is 21.5 Å². The second kappa shape index (κ2) is 25.2. The van der Waals surface area contributed by atoms with Gasteiger partial charge >= 0.3 is 42.4 Å². The van der Waals surface area contributed by atoms with Crippen molar-refractivity contribution in [3.8, 4) is 11.6 Å². The minimum atomic E-state index is -1.59. The third kappa shape index (κ3) is 17.3. The van der Waals surface area contributed by atoms with E-state index in [1.54, 1.807) is 0 Å². The molecular formula is C28H26N8O26S3. The molecule has 3 rings (SSSR count). The fraction of sp³-hybridized carbons (Fsp3) is 0.321. The van der Waals surface area contributed by atoms with Crippen LogP contribution in [0.1, 0.15) is 55.3 Å². The van der Waals surface area contributed by atoms with Crippen LogP contribution in [-0.4, -0.2) is 147 Å². The van der Waals surface area contributed by atoms with E-state index in [0.717, 1.165) is 30.9 Å². The highest BCUT2D eigenvalue weighted by Gasteiger charge is 2.41. The number of H-pyrrole nitrogens is 1. The number of esters is 2. The van der Waals surface area contributed by atoms with E-state index >= 15 is 0 Å². The van der Waals surface area contributed by atoms with Crippen LogP contribution in [0.4, 0.5) is 4.79 Å². The summed E-state index contributed by atoms with van der Waals surface area (Å²) in [5, 5.41) is 75.7. The number of thioether (sulfide) groups is 1. The highest BCUT2D eigenvalue weighted by molar-refractivity contribution is 8.13. The van der Waals surface area contributed by atoms with E-state index in [1.807, 2.05) is 0 Å². The summed E-state index contributed by atoms with van der Waals surface area (Å²) < 4.78 is 8.79. The summed E-state index contributed by atoms with van der Waals surface area (Å²) in [6.45, 7) is -1.64. The van der Waals surface area contributed by atoms with Gasteiger partial charge in [-0.15, -0.1) is 32.9 Å². The van der Waals surface area contributed by atoms with Crippen molar-refractivity contribution in [2.24, 2.45) is 0 Å². The first-order valence-electron chi connectivity index (χ1n) is 16.2. The molecule has 0 bridgehead atoms. The molecule has 2 atom stereocenters. The summed E-state index contributed by atoms with van der Waals surface area (Å²) in [4.78, 5) is 154. The van der Waals surface area contributed by atoms with Crippen LogP contribution >= 0.6 is 36.6 Å². The molecule has 4 amide bonds. The molecule has 2 heterocycles. The number of carboxylic acid groups (broad SMARTS) is 2. The molecule has 4 N–H and O–H groups in total. The Hall–Kier alpha value is -8.03. The number of aromatic nitrogens is 1. The molecule has 1 saturated heterocycles. The van der Waals surface area contributed by atoms with Crippen LogP contribution in [0.5, 0.6) is 11.6 Å². The minimum absolute atomic E-state index is 0.155. The van der Waals surface area contributed by atoms with Gasteiger partial charge < -0.3 is 44.4 Å². The number of carbonyl (C=O) groups is 8. The van der Waals surface area contributed by atoms with E-state index in [9.17, 15) is 88.9 Å². The Morgan fingerprint density at radius 2 is 1.42 bits per heavy atom. The molecule has 1 aliphatic rings. The maximum atomic E-state index is 12.3. The van der Waals surface area contributed by atoms with Crippen LogP contribution in [-0.2, 0) is 28.9 Å². The van der Waals surface area contributed by atoms with E-state index in [2.05, 4.69) is 53.8 Å². The smallest absolute Gasteiger partial charge is 0.478 e.